The van der Waals surface area contributed by atoms with E-state index in [1.807, 2.05) is 12.1 Å². The average Bonchev–Trinajstić information content (AvgIpc) is 3.64. The third-order valence-corrected chi connectivity index (χ3v) is 11.9. The fraction of sp³-hybridized carbons (Fsp3) is 0.469. The van der Waals surface area contributed by atoms with Crippen molar-refractivity contribution in [2.24, 2.45) is 16.7 Å². The third kappa shape index (κ3) is 10.9. The highest BCUT2D eigenvalue weighted by molar-refractivity contribution is 5.84. The normalized spacial score (nSPS) is 18.9. The molecule has 2 aromatic carbocycles. The maximum absolute atomic E-state index is 6.25. The minimum atomic E-state index is 0.321. The number of hydrogen-bond acceptors (Lipinski definition) is 4. The predicted molar refractivity (Wildman–Crippen MR) is 225 cm³/mol. The zero-order valence-electron chi connectivity index (χ0n) is 33.4. The molecule has 4 heterocycles. The molecular formula is C49H64N2O2. The summed E-state index contributed by atoms with van der Waals surface area (Å²) >= 11 is 0. The number of furan rings is 1. The first-order valence-electron chi connectivity index (χ1n) is 20.4. The molecule has 282 valence electrons. The largest absolute Gasteiger partial charge is 0.490 e. The second-order valence-electron chi connectivity index (χ2n) is 17.4. The summed E-state index contributed by atoms with van der Waals surface area (Å²) in [6.07, 6.45) is 37.3. The molecule has 0 bridgehead atoms. The van der Waals surface area contributed by atoms with Gasteiger partial charge in [0.2, 0.25) is 0 Å². The first kappa shape index (κ1) is 38.5. The number of benzene rings is 2. The van der Waals surface area contributed by atoms with E-state index in [1.165, 1.54) is 79.9 Å². The van der Waals surface area contributed by atoms with Crippen LogP contribution in [0.4, 0.5) is 0 Å². The summed E-state index contributed by atoms with van der Waals surface area (Å²) in [5.74, 6) is 3.05. The number of fused-ring (bicyclic) bond motifs is 2. The average molecular weight is 713 g/mol. The number of hydrogen-bond donors (Lipinski definition) is 0. The number of para-hydroxylation sites is 2. The number of rotatable bonds is 18. The molecular weight excluding hydrogens is 649 g/mol. The highest BCUT2D eigenvalue weighted by Crippen LogP contribution is 2.40. The van der Waals surface area contributed by atoms with Gasteiger partial charge in [0.1, 0.15) is 23.2 Å². The molecule has 0 N–H and O–H groups in total. The highest BCUT2D eigenvalue weighted by atomic mass is 16.5. The zero-order chi connectivity index (χ0) is 37.3. The Bertz CT molecular complexity index is 1800. The Morgan fingerprint density at radius 1 is 0.717 bits per heavy atom. The lowest BCUT2D eigenvalue weighted by molar-refractivity contribution is 0.194. The van der Waals surface area contributed by atoms with Gasteiger partial charge in [-0.3, -0.25) is 0 Å². The van der Waals surface area contributed by atoms with Crippen molar-refractivity contribution in [2.75, 3.05) is 13.1 Å². The molecule has 3 aliphatic rings. The van der Waals surface area contributed by atoms with Crippen molar-refractivity contribution in [1.82, 2.24) is 9.80 Å². The molecule has 3 aliphatic heterocycles. The second kappa shape index (κ2) is 17.8. The van der Waals surface area contributed by atoms with Gasteiger partial charge in [-0.05, 0) is 117 Å². The van der Waals surface area contributed by atoms with Crippen molar-refractivity contribution in [2.45, 2.75) is 118 Å². The molecule has 3 aromatic rings. The second-order valence-corrected chi connectivity index (χ2v) is 17.4. The Balaban J connectivity index is 0.809. The fourth-order valence-electron chi connectivity index (χ4n) is 8.29. The fourth-order valence-corrected chi connectivity index (χ4v) is 8.29. The Morgan fingerprint density at radius 3 is 2.02 bits per heavy atom. The minimum Gasteiger partial charge on any atom is -0.490 e. The van der Waals surface area contributed by atoms with E-state index in [2.05, 4.69) is 155 Å². The molecule has 1 aromatic heterocycles. The summed E-state index contributed by atoms with van der Waals surface area (Å²) in [7, 11) is 0. The van der Waals surface area contributed by atoms with Crippen LogP contribution in [0.25, 0.3) is 17.0 Å². The highest BCUT2D eigenvalue weighted by Gasteiger charge is 2.30. The van der Waals surface area contributed by atoms with Gasteiger partial charge in [-0.1, -0.05) is 102 Å². The van der Waals surface area contributed by atoms with Gasteiger partial charge in [0.15, 0.2) is 0 Å². The van der Waals surface area contributed by atoms with Gasteiger partial charge in [0.25, 0.3) is 0 Å². The molecule has 53 heavy (non-hydrogen) atoms. The monoisotopic (exact) mass is 712 g/mol. The van der Waals surface area contributed by atoms with Gasteiger partial charge in [-0.2, -0.15) is 0 Å². The number of allylic oxidation sites excluding steroid dienone is 7. The smallest absolute Gasteiger partial charge is 0.135 e. The number of nitrogens with zero attached hydrogens (tertiary/aromatic N) is 2. The number of ether oxygens (including phenoxy) is 1. The summed E-state index contributed by atoms with van der Waals surface area (Å²) in [5, 5.41) is 1.18. The quantitative estimate of drug-likeness (QED) is 0.131. The summed E-state index contributed by atoms with van der Waals surface area (Å²) in [5.41, 5.74) is 5.46. The van der Waals surface area contributed by atoms with Crippen molar-refractivity contribution >= 4 is 17.0 Å². The van der Waals surface area contributed by atoms with Crippen LogP contribution in [-0.2, 0) is 0 Å². The Hall–Kier alpha value is -4.18. The van der Waals surface area contributed by atoms with Gasteiger partial charge in [-0.25, -0.2) is 0 Å². The van der Waals surface area contributed by atoms with Crippen LogP contribution in [-0.4, -0.2) is 29.0 Å². The van der Waals surface area contributed by atoms with Crippen molar-refractivity contribution in [3.63, 3.8) is 0 Å². The van der Waals surface area contributed by atoms with Crippen LogP contribution < -0.4 is 4.74 Å². The molecule has 6 rings (SSSR count). The van der Waals surface area contributed by atoms with Crippen LogP contribution in [0.1, 0.15) is 122 Å². The third-order valence-electron chi connectivity index (χ3n) is 11.9. The van der Waals surface area contributed by atoms with Crippen molar-refractivity contribution in [3.05, 3.63) is 132 Å². The maximum Gasteiger partial charge on any atom is 0.135 e. The molecule has 4 heteroatoms. The first-order chi connectivity index (χ1) is 25.6. The molecule has 2 unspecified atom stereocenters. The van der Waals surface area contributed by atoms with E-state index in [0.29, 0.717) is 28.8 Å². The molecule has 0 fully saturated rings. The standard InChI is InChI=1S/C49H64N2O2/c1-38-42-18-7-9-20-46(42)52-44(38)22-11-16-40-24-34-50(35-25-40)32-14-30-48(3,4)28-13-29-49(5,6)31-15-33-51-36-26-41(27-37-51)17-12-23-45-39(2)43-19-8-10-21-47(43)53-45/h7-11,16,18-22,24-27,34-37,39,41,45H,12-15,17,23,28-33H2,1-6H3/b22-11+. The van der Waals surface area contributed by atoms with Gasteiger partial charge in [0, 0.05) is 60.3 Å². The van der Waals surface area contributed by atoms with Crippen LogP contribution in [0.3, 0.4) is 0 Å². The molecule has 0 spiro atoms. The molecule has 2 atom stereocenters. The SMILES string of the molecule is Cc1c(/C=C/C=C2C=CN(CCCC(C)(C)CCCC(C)(C)CCCN3C=CC(CCCC4Oc5ccccc5C4C)C=C3)C=C2)oc2ccccc12. The van der Waals surface area contributed by atoms with E-state index < -0.39 is 0 Å². The summed E-state index contributed by atoms with van der Waals surface area (Å²) in [6.45, 7) is 16.5. The van der Waals surface area contributed by atoms with E-state index in [4.69, 9.17) is 9.15 Å². The van der Waals surface area contributed by atoms with Crippen LogP contribution >= 0.6 is 0 Å². The molecule has 0 radical (unpaired) electrons. The van der Waals surface area contributed by atoms with Gasteiger partial charge < -0.3 is 19.0 Å². The van der Waals surface area contributed by atoms with Gasteiger partial charge in [0.05, 0.1) is 0 Å². The Labute approximate surface area is 320 Å². The molecule has 0 amide bonds. The Morgan fingerprint density at radius 2 is 1.34 bits per heavy atom. The van der Waals surface area contributed by atoms with Crippen LogP contribution in [0.2, 0.25) is 0 Å². The molecule has 4 nitrogen and oxygen atoms in total. The predicted octanol–water partition coefficient (Wildman–Crippen LogP) is 13.5. The maximum atomic E-state index is 6.25. The minimum absolute atomic E-state index is 0.321. The molecule has 0 saturated heterocycles. The van der Waals surface area contributed by atoms with E-state index >= 15 is 0 Å². The van der Waals surface area contributed by atoms with Crippen molar-refractivity contribution in [3.8, 4) is 5.75 Å². The molecule has 0 aliphatic carbocycles. The van der Waals surface area contributed by atoms with E-state index in [9.17, 15) is 0 Å². The molecule has 0 saturated carbocycles. The summed E-state index contributed by atoms with van der Waals surface area (Å²) in [4.78, 5) is 4.71. The van der Waals surface area contributed by atoms with Crippen molar-refractivity contribution in [1.29, 1.82) is 0 Å². The van der Waals surface area contributed by atoms with E-state index in [-0.39, 0.29) is 0 Å². The van der Waals surface area contributed by atoms with E-state index in [0.717, 1.165) is 36.6 Å². The number of aryl methyl sites for hydroxylation is 1. The lowest BCUT2D eigenvalue weighted by Gasteiger charge is -2.30. The van der Waals surface area contributed by atoms with Gasteiger partial charge >= 0.3 is 0 Å². The lowest BCUT2D eigenvalue weighted by atomic mass is 9.77. The summed E-state index contributed by atoms with van der Waals surface area (Å²) < 4.78 is 12.3. The summed E-state index contributed by atoms with van der Waals surface area (Å²) in [6, 6.07) is 16.8. The van der Waals surface area contributed by atoms with Crippen LogP contribution in [0, 0.1) is 23.7 Å². The lowest BCUT2D eigenvalue weighted by Crippen LogP contribution is -2.20. The topological polar surface area (TPSA) is 28.9 Å². The van der Waals surface area contributed by atoms with Crippen LogP contribution in [0.5, 0.6) is 5.75 Å². The van der Waals surface area contributed by atoms with E-state index in [1.54, 1.807) is 0 Å². The van der Waals surface area contributed by atoms with Crippen LogP contribution in [0.15, 0.2) is 120 Å². The zero-order valence-corrected chi connectivity index (χ0v) is 33.4. The van der Waals surface area contributed by atoms with Crippen molar-refractivity contribution < 1.29 is 9.15 Å². The van der Waals surface area contributed by atoms with Gasteiger partial charge in [-0.15, -0.1) is 0 Å². The first-order valence-corrected chi connectivity index (χ1v) is 20.4. The Kier molecular flexibility index (Phi) is 12.9.